The summed E-state index contributed by atoms with van der Waals surface area (Å²) in [6.45, 7) is 5.30. The second-order valence-corrected chi connectivity index (χ2v) is 9.33. The number of carbonyl (C=O) groups excluding carboxylic acids is 3. The second-order valence-electron chi connectivity index (χ2n) is 9.33. The molecule has 3 amide bonds. The first-order valence-electron chi connectivity index (χ1n) is 11.5. The van der Waals surface area contributed by atoms with Crippen LogP contribution in [0.2, 0.25) is 0 Å². The summed E-state index contributed by atoms with van der Waals surface area (Å²) < 4.78 is 43.7. The third kappa shape index (κ3) is 9.24. The summed E-state index contributed by atoms with van der Waals surface area (Å²) in [6.07, 6.45) is -3.85. The Morgan fingerprint density at radius 3 is 2.14 bits per heavy atom. The highest BCUT2D eigenvalue weighted by Gasteiger charge is 2.30. The molecule has 196 valence electrons. The van der Waals surface area contributed by atoms with Gasteiger partial charge in [-0.25, -0.2) is 4.79 Å². The summed E-state index contributed by atoms with van der Waals surface area (Å²) in [5.74, 6) is -0.380. The molecule has 0 saturated heterocycles. The Bertz CT molecular complexity index is 1010. The molecule has 0 bridgehead atoms. The van der Waals surface area contributed by atoms with E-state index in [1.165, 1.54) is 29.0 Å². The Morgan fingerprint density at radius 2 is 1.61 bits per heavy atom. The minimum absolute atomic E-state index is 0.0505. The predicted molar refractivity (Wildman–Crippen MR) is 130 cm³/mol. The number of hydrogen-bond acceptors (Lipinski definition) is 4. The number of benzene rings is 2. The lowest BCUT2D eigenvalue weighted by Gasteiger charge is -2.28. The number of nitrogens with zero attached hydrogens (tertiary/aromatic N) is 2. The first-order valence-corrected chi connectivity index (χ1v) is 11.5. The number of nitrogens with one attached hydrogen (secondary N) is 1. The second kappa shape index (κ2) is 12.4. The van der Waals surface area contributed by atoms with Gasteiger partial charge < -0.3 is 19.9 Å². The van der Waals surface area contributed by atoms with Crippen LogP contribution in [0, 0.1) is 0 Å². The fourth-order valence-corrected chi connectivity index (χ4v) is 3.38. The van der Waals surface area contributed by atoms with E-state index in [2.05, 4.69) is 5.32 Å². The molecule has 0 heterocycles. The Morgan fingerprint density at radius 1 is 1.00 bits per heavy atom. The number of aryl methyl sites for hydroxylation is 1. The first-order chi connectivity index (χ1) is 16.8. The molecular weight excluding hydrogens is 475 g/mol. The monoisotopic (exact) mass is 507 g/mol. The van der Waals surface area contributed by atoms with Crippen LogP contribution in [0.5, 0.6) is 0 Å². The van der Waals surface area contributed by atoms with Gasteiger partial charge in [0.25, 0.3) is 0 Å². The van der Waals surface area contributed by atoms with Crippen LogP contribution < -0.4 is 10.2 Å². The van der Waals surface area contributed by atoms with Gasteiger partial charge in [0, 0.05) is 25.8 Å². The highest BCUT2D eigenvalue weighted by Crippen LogP contribution is 2.30. The van der Waals surface area contributed by atoms with E-state index >= 15 is 0 Å². The zero-order valence-electron chi connectivity index (χ0n) is 20.8. The molecule has 0 aliphatic carbocycles. The van der Waals surface area contributed by atoms with Gasteiger partial charge in [0.2, 0.25) is 12.3 Å². The number of rotatable bonds is 10. The van der Waals surface area contributed by atoms with Crippen molar-refractivity contribution in [2.24, 2.45) is 0 Å². The number of alkyl carbamates (subject to hydrolysis) is 1. The summed E-state index contributed by atoms with van der Waals surface area (Å²) in [5.41, 5.74) is -0.293. The van der Waals surface area contributed by atoms with Crippen molar-refractivity contribution in [3.05, 3.63) is 65.7 Å². The van der Waals surface area contributed by atoms with Crippen molar-refractivity contribution in [1.82, 2.24) is 10.2 Å². The van der Waals surface area contributed by atoms with Gasteiger partial charge >= 0.3 is 12.3 Å². The predicted octanol–water partition coefficient (Wildman–Crippen LogP) is 4.65. The van der Waals surface area contributed by atoms with Crippen LogP contribution >= 0.6 is 0 Å². The summed E-state index contributed by atoms with van der Waals surface area (Å²) in [5, 5.41) is 2.64. The van der Waals surface area contributed by atoms with Gasteiger partial charge in [-0.2, -0.15) is 13.2 Å². The average molecular weight is 508 g/mol. The molecule has 0 spiro atoms. The number of carbonyl (C=O) groups is 3. The average Bonchev–Trinajstić information content (AvgIpc) is 2.80. The van der Waals surface area contributed by atoms with Gasteiger partial charge in [0.1, 0.15) is 11.6 Å². The summed E-state index contributed by atoms with van der Waals surface area (Å²) >= 11 is 0. The molecule has 1 atom stereocenters. The SMILES string of the molecule is CN(CCN(C=O)c1ccc(C(F)(F)F)cc1)C(=O)[C@H](CCc1ccccc1)NC(=O)OC(C)(C)C. The number of ether oxygens (including phenoxy) is 1. The normalized spacial score (nSPS) is 12.4. The quantitative estimate of drug-likeness (QED) is 0.475. The van der Waals surface area contributed by atoms with Crippen LogP contribution in [0.3, 0.4) is 0 Å². The van der Waals surface area contributed by atoms with E-state index in [-0.39, 0.29) is 24.7 Å². The molecule has 0 aliphatic heterocycles. The summed E-state index contributed by atoms with van der Waals surface area (Å²) in [4.78, 5) is 39.7. The third-order valence-electron chi connectivity index (χ3n) is 5.26. The van der Waals surface area contributed by atoms with Crippen molar-refractivity contribution in [2.45, 2.75) is 51.4 Å². The number of hydrogen-bond donors (Lipinski definition) is 1. The van der Waals surface area contributed by atoms with Crippen molar-refractivity contribution < 1.29 is 32.3 Å². The lowest BCUT2D eigenvalue weighted by Crippen LogP contribution is -2.50. The smallest absolute Gasteiger partial charge is 0.416 e. The molecule has 0 fully saturated rings. The molecule has 0 unspecified atom stereocenters. The topological polar surface area (TPSA) is 79.0 Å². The van der Waals surface area contributed by atoms with E-state index in [1.54, 1.807) is 20.8 Å². The van der Waals surface area contributed by atoms with Crippen LogP contribution in [-0.2, 0) is 26.9 Å². The molecule has 7 nitrogen and oxygen atoms in total. The molecule has 0 aliphatic rings. The summed E-state index contributed by atoms with van der Waals surface area (Å²) in [6, 6.07) is 12.8. The Kier molecular flexibility index (Phi) is 9.89. The Balaban J connectivity index is 2.06. The number of halogens is 3. The standard InChI is InChI=1S/C26H32F3N3O4/c1-25(2,3)36-24(35)30-22(15-10-19-8-6-5-7-9-19)23(34)31(4)16-17-32(18-33)21-13-11-20(12-14-21)26(27,28)29/h5-9,11-14,18,22H,10,15-17H2,1-4H3,(H,30,35)/t22-/m0/s1. The van der Waals surface area contributed by atoms with Crippen molar-refractivity contribution in [2.75, 3.05) is 25.0 Å². The molecular formula is C26H32F3N3O4. The summed E-state index contributed by atoms with van der Waals surface area (Å²) in [7, 11) is 1.53. The van der Waals surface area contributed by atoms with Crippen molar-refractivity contribution in [3.8, 4) is 0 Å². The van der Waals surface area contributed by atoms with Crippen LogP contribution in [0.1, 0.15) is 38.3 Å². The van der Waals surface area contributed by atoms with E-state index in [4.69, 9.17) is 4.74 Å². The van der Waals surface area contributed by atoms with Gasteiger partial charge in [0.15, 0.2) is 0 Å². The van der Waals surface area contributed by atoms with Gasteiger partial charge in [-0.05, 0) is 63.4 Å². The van der Waals surface area contributed by atoms with E-state index < -0.39 is 29.5 Å². The van der Waals surface area contributed by atoms with Gasteiger partial charge in [-0.15, -0.1) is 0 Å². The molecule has 0 radical (unpaired) electrons. The lowest BCUT2D eigenvalue weighted by atomic mass is 10.0. The van der Waals surface area contributed by atoms with E-state index in [9.17, 15) is 27.6 Å². The molecule has 36 heavy (non-hydrogen) atoms. The maximum Gasteiger partial charge on any atom is 0.416 e. The van der Waals surface area contributed by atoms with Crippen molar-refractivity contribution in [1.29, 1.82) is 0 Å². The van der Waals surface area contributed by atoms with Crippen LogP contribution in [0.15, 0.2) is 54.6 Å². The minimum atomic E-state index is -4.48. The molecule has 0 aromatic heterocycles. The minimum Gasteiger partial charge on any atom is -0.444 e. The highest BCUT2D eigenvalue weighted by molar-refractivity contribution is 5.85. The fraction of sp³-hybridized carbons (Fsp3) is 0.423. The van der Waals surface area contributed by atoms with E-state index in [0.29, 0.717) is 19.3 Å². The molecule has 2 aromatic rings. The van der Waals surface area contributed by atoms with Crippen molar-refractivity contribution in [3.63, 3.8) is 0 Å². The van der Waals surface area contributed by atoms with Crippen LogP contribution in [0.4, 0.5) is 23.7 Å². The number of anilines is 1. The van der Waals surface area contributed by atoms with E-state index in [1.807, 2.05) is 30.3 Å². The number of likely N-dealkylation sites (N-methyl/N-ethyl adjacent to an activating group) is 1. The van der Waals surface area contributed by atoms with Gasteiger partial charge in [0.05, 0.1) is 5.56 Å². The first kappa shape index (κ1) is 28.7. The maximum absolute atomic E-state index is 13.2. The largest absolute Gasteiger partial charge is 0.444 e. The van der Waals surface area contributed by atoms with Crippen LogP contribution in [0.25, 0.3) is 0 Å². The van der Waals surface area contributed by atoms with Gasteiger partial charge in [-0.1, -0.05) is 30.3 Å². The molecule has 2 aromatic carbocycles. The van der Waals surface area contributed by atoms with E-state index in [0.717, 1.165) is 17.7 Å². The number of amides is 3. The maximum atomic E-state index is 13.2. The lowest BCUT2D eigenvalue weighted by molar-refractivity contribution is -0.137. The molecule has 10 heteroatoms. The molecule has 0 saturated carbocycles. The Labute approximate surface area is 209 Å². The molecule has 2 rings (SSSR count). The highest BCUT2D eigenvalue weighted by atomic mass is 19.4. The zero-order chi connectivity index (χ0) is 26.9. The van der Waals surface area contributed by atoms with Gasteiger partial charge in [-0.3, -0.25) is 9.59 Å². The number of alkyl halides is 3. The Hall–Kier alpha value is -3.56. The zero-order valence-corrected chi connectivity index (χ0v) is 20.8. The third-order valence-corrected chi connectivity index (χ3v) is 5.26. The molecule has 1 N–H and O–H groups in total. The van der Waals surface area contributed by atoms with Crippen LogP contribution in [-0.4, -0.2) is 55.1 Å². The van der Waals surface area contributed by atoms with Crippen molar-refractivity contribution >= 4 is 24.1 Å². The fourth-order valence-electron chi connectivity index (χ4n) is 3.38.